The van der Waals surface area contributed by atoms with Crippen LogP contribution in [0.25, 0.3) is 34.2 Å². The molecule has 0 spiro atoms. The van der Waals surface area contributed by atoms with Crippen LogP contribution in [0.1, 0.15) is 0 Å². The molecule has 5 nitrogen and oxygen atoms in total. The van der Waals surface area contributed by atoms with Gasteiger partial charge in [-0.05, 0) is 6.07 Å². The van der Waals surface area contributed by atoms with Gasteiger partial charge in [-0.1, -0.05) is 60.7 Å². The molecule has 2 aromatic heterocycles. The highest BCUT2D eigenvalue weighted by molar-refractivity contribution is 5.78. The van der Waals surface area contributed by atoms with Gasteiger partial charge < -0.3 is 0 Å². The van der Waals surface area contributed by atoms with Crippen molar-refractivity contribution in [1.82, 2.24) is 25.1 Å². The maximum Gasteiger partial charge on any atom is 0.220 e. The third kappa shape index (κ3) is 2.75. The summed E-state index contributed by atoms with van der Waals surface area (Å²) in [5.74, 6) is 0.871. The second kappa shape index (κ2) is 6.34. The summed E-state index contributed by atoms with van der Waals surface area (Å²) in [4.78, 5) is 13.1. The van der Waals surface area contributed by atoms with E-state index in [-0.39, 0.29) is 0 Å². The van der Waals surface area contributed by atoms with E-state index in [4.69, 9.17) is 4.98 Å². The molecule has 0 aliphatic heterocycles. The van der Waals surface area contributed by atoms with Gasteiger partial charge in [0.1, 0.15) is 11.4 Å². The highest BCUT2D eigenvalue weighted by atomic mass is 15.2. The minimum absolute atomic E-state index is 0.411. The monoisotopic (exact) mass is 311 g/mol. The standard InChI is InChI=1S/C19H13N5/c1-3-8-14(9-4-1)16-17(15-10-5-2-6-11-15)23-24-19(22-16)18-20-12-7-13-21-18/h1-13H. The molecule has 4 rings (SSSR count). The number of nitrogens with zero attached hydrogens (tertiary/aromatic N) is 5. The summed E-state index contributed by atoms with van der Waals surface area (Å²) in [6.45, 7) is 0. The molecular formula is C19H13N5. The summed E-state index contributed by atoms with van der Waals surface area (Å²) in [5, 5.41) is 8.63. The molecule has 2 aromatic carbocycles. The van der Waals surface area contributed by atoms with Gasteiger partial charge in [0.05, 0.1) is 0 Å². The number of aromatic nitrogens is 5. The van der Waals surface area contributed by atoms with Crippen molar-refractivity contribution >= 4 is 0 Å². The fourth-order valence-corrected chi connectivity index (χ4v) is 2.42. The van der Waals surface area contributed by atoms with Gasteiger partial charge in [-0.25, -0.2) is 15.0 Å². The van der Waals surface area contributed by atoms with Crippen molar-refractivity contribution in [3.8, 4) is 34.2 Å². The average molecular weight is 311 g/mol. The van der Waals surface area contributed by atoms with Crippen LogP contribution in [0, 0.1) is 0 Å². The van der Waals surface area contributed by atoms with Crippen LogP contribution in [0.4, 0.5) is 0 Å². The quantitative estimate of drug-likeness (QED) is 0.577. The molecule has 0 fully saturated rings. The molecule has 0 N–H and O–H groups in total. The molecule has 0 atom stereocenters. The van der Waals surface area contributed by atoms with E-state index in [0.717, 1.165) is 22.5 Å². The van der Waals surface area contributed by atoms with E-state index < -0.39 is 0 Å². The molecule has 0 unspecified atom stereocenters. The fourth-order valence-electron chi connectivity index (χ4n) is 2.42. The number of hydrogen-bond acceptors (Lipinski definition) is 5. The second-order valence-corrected chi connectivity index (χ2v) is 5.14. The minimum Gasteiger partial charge on any atom is -0.234 e. The molecule has 0 saturated heterocycles. The Hall–Kier alpha value is -3.47. The summed E-state index contributed by atoms with van der Waals surface area (Å²) in [5.41, 5.74) is 3.45. The lowest BCUT2D eigenvalue weighted by Crippen LogP contribution is -2.01. The van der Waals surface area contributed by atoms with Crippen LogP contribution >= 0.6 is 0 Å². The van der Waals surface area contributed by atoms with E-state index in [2.05, 4.69) is 20.2 Å². The Morgan fingerprint density at radius 2 is 1.08 bits per heavy atom. The van der Waals surface area contributed by atoms with Crippen molar-refractivity contribution < 1.29 is 0 Å². The van der Waals surface area contributed by atoms with E-state index in [0.29, 0.717) is 11.6 Å². The normalized spacial score (nSPS) is 10.5. The third-order valence-corrected chi connectivity index (χ3v) is 3.55. The molecule has 4 aromatic rings. The van der Waals surface area contributed by atoms with E-state index in [1.54, 1.807) is 18.5 Å². The lowest BCUT2D eigenvalue weighted by molar-refractivity contribution is 0.964. The van der Waals surface area contributed by atoms with E-state index >= 15 is 0 Å². The first-order chi connectivity index (χ1) is 11.9. The van der Waals surface area contributed by atoms with Crippen molar-refractivity contribution in [1.29, 1.82) is 0 Å². The summed E-state index contributed by atoms with van der Waals surface area (Å²) < 4.78 is 0. The SMILES string of the molecule is c1ccc(-c2nnc(-c3ncccn3)nc2-c2ccccc2)cc1. The Morgan fingerprint density at radius 3 is 1.71 bits per heavy atom. The molecule has 0 aliphatic carbocycles. The van der Waals surface area contributed by atoms with Gasteiger partial charge in [0.25, 0.3) is 0 Å². The Morgan fingerprint density at radius 1 is 0.500 bits per heavy atom. The molecule has 0 amide bonds. The van der Waals surface area contributed by atoms with Gasteiger partial charge in [-0.15, -0.1) is 10.2 Å². The van der Waals surface area contributed by atoms with Gasteiger partial charge in [-0.3, -0.25) is 0 Å². The maximum absolute atomic E-state index is 4.69. The van der Waals surface area contributed by atoms with Crippen molar-refractivity contribution in [2.24, 2.45) is 0 Å². The molecule has 5 heteroatoms. The van der Waals surface area contributed by atoms with Crippen molar-refractivity contribution in [3.63, 3.8) is 0 Å². The topological polar surface area (TPSA) is 64.5 Å². The first-order valence-corrected chi connectivity index (χ1v) is 7.55. The van der Waals surface area contributed by atoms with Gasteiger partial charge >= 0.3 is 0 Å². The van der Waals surface area contributed by atoms with Gasteiger partial charge in [0.2, 0.25) is 5.82 Å². The van der Waals surface area contributed by atoms with Gasteiger partial charge in [0.15, 0.2) is 5.82 Å². The summed E-state index contributed by atoms with van der Waals surface area (Å²) in [6.07, 6.45) is 3.33. The smallest absolute Gasteiger partial charge is 0.220 e. The third-order valence-electron chi connectivity index (χ3n) is 3.55. The summed E-state index contributed by atoms with van der Waals surface area (Å²) >= 11 is 0. The number of rotatable bonds is 3. The first kappa shape index (κ1) is 14.1. The Labute approximate surface area is 139 Å². The Bertz CT molecular complexity index is 941. The zero-order valence-corrected chi connectivity index (χ0v) is 12.7. The van der Waals surface area contributed by atoms with Crippen molar-refractivity contribution in [2.45, 2.75) is 0 Å². The highest BCUT2D eigenvalue weighted by Crippen LogP contribution is 2.29. The number of benzene rings is 2. The molecule has 114 valence electrons. The lowest BCUT2D eigenvalue weighted by Gasteiger charge is -2.09. The van der Waals surface area contributed by atoms with Gasteiger partial charge in [-0.2, -0.15) is 0 Å². The van der Waals surface area contributed by atoms with Crippen LogP contribution in [-0.4, -0.2) is 25.1 Å². The predicted molar refractivity (Wildman–Crippen MR) is 91.7 cm³/mol. The number of hydrogen-bond donors (Lipinski definition) is 0. The van der Waals surface area contributed by atoms with E-state index in [1.807, 2.05) is 60.7 Å². The Kier molecular flexibility index (Phi) is 3.73. The molecule has 2 heterocycles. The van der Waals surface area contributed by atoms with Crippen molar-refractivity contribution in [2.75, 3.05) is 0 Å². The van der Waals surface area contributed by atoms with Gasteiger partial charge in [0, 0.05) is 23.5 Å². The fraction of sp³-hybridized carbons (Fsp3) is 0. The summed E-state index contributed by atoms with van der Waals surface area (Å²) in [6, 6.07) is 21.6. The second-order valence-electron chi connectivity index (χ2n) is 5.14. The predicted octanol–water partition coefficient (Wildman–Crippen LogP) is 3.66. The zero-order valence-electron chi connectivity index (χ0n) is 12.7. The van der Waals surface area contributed by atoms with Crippen LogP contribution in [0.3, 0.4) is 0 Å². The highest BCUT2D eigenvalue weighted by Gasteiger charge is 2.15. The Balaban J connectivity index is 1.92. The zero-order chi connectivity index (χ0) is 16.2. The molecule has 24 heavy (non-hydrogen) atoms. The maximum atomic E-state index is 4.69. The molecule has 0 radical (unpaired) electrons. The van der Waals surface area contributed by atoms with Crippen LogP contribution in [0.15, 0.2) is 79.1 Å². The van der Waals surface area contributed by atoms with Crippen LogP contribution in [0.5, 0.6) is 0 Å². The molecule has 0 saturated carbocycles. The first-order valence-electron chi connectivity index (χ1n) is 7.55. The van der Waals surface area contributed by atoms with Crippen LogP contribution in [0.2, 0.25) is 0 Å². The summed E-state index contributed by atoms with van der Waals surface area (Å²) in [7, 11) is 0. The van der Waals surface area contributed by atoms with Crippen molar-refractivity contribution in [3.05, 3.63) is 79.1 Å². The minimum atomic E-state index is 0.411. The van der Waals surface area contributed by atoms with E-state index in [9.17, 15) is 0 Å². The van der Waals surface area contributed by atoms with Crippen LogP contribution in [-0.2, 0) is 0 Å². The molecular weight excluding hydrogens is 298 g/mol. The lowest BCUT2D eigenvalue weighted by atomic mass is 10.0. The molecule has 0 aliphatic rings. The molecule has 0 bridgehead atoms. The average Bonchev–Trinajstić information content (AvgIpc) is 2.69. The largest absolute Gasteiger partial charge is 0.234 e. The van der Waals surface area contributed by atoms with E-state index in [1.165, 1.54) is 0 Å². The van der Waals surface area contributed by atoms with Crippen LogP contribution < -0.4 is 0 Å².